The van der Waals surface area contributed by atoms with Crippen LogP contribution in [0.25, 0.3) is 0 Å². The van der Waals surface area contributed by atoms with Gasteiger partial charge in [-0.3, -0.25) is 9.59 Å². The van der Waals surface area contributed by atoms with Crippen LogP contribution in [0.3, 0.4) is 0 Å². The number of hydrogen-bond donors (Lipinski definition) is 1. The lowest BCUT2D eigenvalue weighted by Gasteiger charge is -2.37. The number of carboxylic acid groups (broad SMARTS) is 1. The highest BCUT2D eigenvalue weighted by atomic mass is 16.5. The van der Waals surface area contributed by atoms with Gasteiger partial charge in [0.05, 0.1) is 19.8 Å². The number of carbonyl (C=O) groups excluding carboxylic acids is 1. The van der Waals surface area contributed by atoms with Crippen LogP contribution in [0, 0.1) is 0 Å². The monoisotopic (exact) mass is 294 g/mol. The maximum atomic E-state index is 12.4. The van der Waals surface area contributed by atoms with Crippen LogP contribution in [0.4, 0.5) is 0 Å². The molecule has 1 N–H and O–H groups in total. The van der Waals surface area contributed by atoms with E-state index in [4.69, 9.17) is 14.6 Å². The zero-order chi connectivity index (χ0) is 15.3. The number of methoxy groups -OCH3 is 1. The number of hydrogen-bond acceptors (Lipinski definition) is 5. The van der Waals surface area contributed by atoms with E-state index in [1.165, 1.54) is 22.8 Å². The number of likely N-dealkylation sites (N-methyl/N-ethyl adjacent to an activating group) is 1. The maximum Gasteiger partial charge on any atom is 0.341 e. The van der Waals surface area contributed by atoms with Gasteiger partial charge in [0.25, 0.3) is 5.91 Å². The fourth-order valence-corrected chi connectivity index (χ4v) is 2.91. The van der Waals surface area contributed by atoms with E-state index in [-0.39, 0.29) is 17.5 Å². The molecule has 0 bridgehead atoms. The molecule has 2 aliphatic rings. The highest BCUT2D eigenvalue weighted by Gasteiger charge is 2.44. The van der Waals surface area contributed by atoms with Gasteiger partial charge in [-0.1, -0.05) is 0 Å². The van der Waals surface area contributed by atoms with Crippen LogP contribution < -0.4 is 10.2 Å². The van der Waals surface area contributed by atoms with Gasteiger partial charge >= 0.3 is 5.97 Å². The number of rotatable bonds is 2. The van der Waals surface area contributed by atoms with Crippen LogP contribution >= 0.6 is 0 Å². The molecule has 2 atom stereocenters. The van der Waals surface area contributed by atoms with Crippen molar-refractivity contribution in [3.63, 3.8) is 0 Å². The van der Waals surface area contributed by atoms with E-state index in [1.54, 1.807) is 7.05 Å². The van der Waals surface area contributed by atoms with Gasteiger partial charge in [0.15, 0.2) is 17.7 Å². The fraction of sp³-hybridized carbons (Fsp3) is 0.462. The summed E-state index contributed by atoms with van der Waals surface area (Å²) in [5.41, 5.74) is -1.14. The Morgan fingerprint density at radius 2 is 2.19 bits per heavy atom. The van der Waals surface area contributed by atoms with Gasteiger partial charge in [-0.15, -0.1) is 0 Å². The van der Waals surface area contributed by atoms with Gasteiger partial charge in [-0.2, -0.15) is 0 Å². The topological polar surface area (TPSA) is 98.1 Å². The number of carboxylic acids is 1. The molecule has 2 aliphatic heterocycles. The van der Waals surface area contributed by atoms with Crippen molar-refractivity contribution < 1.29 is 24.2 Å². The first-order valence-electron chi connectivity index (χ1n) is 6.42. The minimum absolute atomic E-state index is 0.0711. The highest BCUT2D eigenvalue weighted by molar-refractivity contribution is 5.97. The number of amides is 1. The molecule has 1 aromatic rings. The molecule has 112 valence electrons. The third kappa shape index (κ3) is 1.75. The Bertz CT molecular complexity index is 695. The summed E-state index contributed by atoms with van der Waals surface area (Å²) >= 11 is 0. The standard InChI is InChI=1S/C13H14N2O6/c1-14-11(17)8-10(20-2)9(16)6(13(18)19)5-15(8)7-3-4-21-12(7)14/h5,7,12H,3-4H2,1-2H3,(H,18,19)/t7-,12+/m1/s1. The number of aromatic carboxylic acids is 1. The van der Waals surface area contributed by atoms with Crippen molar-refractivity contribution in [2.24, 2.45) is 0 Å². The highest BCUT2D eigenvalue weighted by Crippen LogP contribution is 2.36. The lowest BCUT2D eigenvalue weighted by atomic mass is 10.1. The number of ether oxygens (including phenoxy) is 2. The summed E-state index contributed by atoms with van der Waals surface area (Å²) in [5, 5.41) is 9.15. The van der Waals surface area contributed by atoms with Gasteiger partial charge in [0.2, 0.25) is 5.43 Å². The second kappa shape index (κ2) is 4.59. The lowest BCUT2D eigenvalue weighted by Crippen LogP contribution is -2.48. The summed E-state index contributed by atoms with van der Waals surface area (Å²) in [6.45, 7) is 0.462. The smallest absolute Gasteiger partial charge is 0.341 e. The second-order valence-corrected chi connectivity index (χ2v) is 5.00. The summed E-state index contributed by atoms with van der Waals surface area (Å²) in [4.78, 5) is 37.2. The number of carbonyl (C=O) groups is 2. The van der Waals surface area contributed by atoms with Gasteiger partial charge in [0.1, 0.15) is 5.56 Å². The Morgan fingerprint density at radius 3 is 2.81 bits per heavy atom. The van der Waals surface area contributed by atoms with Crippen molar-refractivity contribution in [2.75, 3.05) is 20.8 Å². The third-order valence-corrected chi connectivity index (χ3v) is 3.92. The predicted molar refractivity (Wildman–Crippen MR) is 69.7 cm³/mol. The summed E-state index contributed by atoms with van der Waals surface area (Å²) in [5.74, 6) is -2.02. The van der Waals surface area contributed by atoms with E-state index in [9.17, 15) is 14.4 Å². The summed E-state index contributed by atoms with van der Waals surface area (Å²) in [7, 11) is 2.83. The molecule has 1 aromatic heterocycles. The first-order chi connectivity index (χ1) is 9.97. The molecule has 0 radical (unpaired) electrons. The fourth-order valence-electron chi connectivity index (χ4n) is 2.91. The van der Waals surface area contributed by atoms with Crippen LogP contribution in [0.2, 0.25) is 0 Å². The molecule has 8 nitrogen and oxygen atoms in total. The molecule has 0 aliphatic carbocycles. The average molecular weight is 294 g/mol. The Kier molecular flexibility index (Phi) is 2.98. The summed E-state index contributed by atoms with van der Waals surface area (Å²) in [6, 6.07) is -0.227. The molecule has 0 spiro atoms. The predicted octanol–water partition coefficient (Wildman–Crippen LogP) is -0.0718. The molecule has 21 heavy (non-hydrogen) atoms. The minimum Gasteiger partial charge on any atom is -0.491 e. The van der Waals surface area contributed by atoms with Crippen LogP contribution in [0.1, 0.15) is 33.3 Å². The van der Waals surface area contributed by atoms with Crippen molar-refractivity contribution >= 4 is 11.9 Å². The number of fused-ring (bicyclic) bond motifs is 3. The molecule has 0 unspecified atom stereocenters. The molecular weight excluding hydrogens is 280 g/mol. The Labute approximate surface area is 119 Å². The molecule has 8 heteroatoms. The first-order valence-corrected chi connectivity index (χ1v) is 6.42. The Hall–Kier alpha value is -2.35. The Morgan fingerprint density at radius 1 is 1.48 bits per heavy atom. The van der Waals surface area contributed by atoms with Crippen LogP contribution in [0.5, 0.6) is 5.75 Å². The molecule has 1 fully saturated rings. The van der Waals surface area contributed by atoms with Gasteiger partial charge in [-0.25, -0.2) is 4.79 Å². The van der Waals surface area contributed by atoms with Crippen molar-refractivity contribution in [2.45, 2.75) is 18.7 Å². The van der Waals surface area contributed by atoms with Crippen molar-refractivity contribution in [3.05, 3.63) is 27.7 Å². The molecule has 0 aromatic carbocycles. The van der Waals surface area contributed by atoms with E-state index in [0.717, 1.165) is 0 Å². The third-order valence-electron chi connectivity index (χ3n) is 3.92. The van der Waals surface area contributed by atoms with Gasteiger partial charge < -0.3 is 24.0 Å². The van der Waals surface area contributed by atoms with E-state index in [2.05, 4.69) is 0 Å². The Balaban J connectivity index is 2.33. The molecular formula is C13H14N2O6. The van der Waals surface area contributed by atoms with Crippen molar-refractivity contribution in [1.82, 2.24) is 9.47 Å². The molecule has 1 saturated heterocycles. The largest absolute Gasteiger partial charge is 0.491 e. The number of pyridine rings is 1. The summed E-state index contributed by atoms with van der Waals surface area (Å²) in [6.07, 6.45) is 1.37. The zero-order valence-corrected chi connectivity index (χ0v) is 11.5. The van der Waals surface area contributed by atoms with E-state index in [1.807, 2.05) is 0 Å². The van der Waals surface area contributed by atoms with E-state index < -0.39 is 29.1 Å². The van der Waals surface area contributed by atoms with Crippen LogP contribution in [-0.4, -0.2) is 53.4 Å². The number of aromatic nitrogens is 1. The minimum atomic E-state index is -1.35. The van der Waals surface area contributed by atoms with E-state index >= 15 is 0 Å². The lowest BCUT2D eigenvalue weighted by molar-refractivity contribution is -0.0239. The zero-order valence-electron chi connectivity index (χ0n) is 11.5. The quantitative estimate of drug-likeness (QED) is 0.819. The molecule has 1 amide bonds. The van der Waals surface area contributed by atoms with Crippen LogP contribution in [-0.2, 0) is 4.74 Å². The first kappa shape index (κ1) is 13.6. The normalized spacial score (nSPS) is 23.7. The van der Waals surface area contributed by atoms with Gasteiger partial charge in [-0.05, 0) is 6.42 Å². The average Bonchev–Trinajstić information content (AvgIpc) is 2.93. The van der Waals surface area contributed by atoms with Crippen molar-refractivity contribution in [1.29, 1.82) is 0 Å². The van der Waals surface area contributed by atoms with Gasteiger partial charge in [0, 0.05) is 13.2 Å². The molecule has 0 saturated carbocycles. The summed E-state index contributed by atoms with van der Waals surface area (Å²) < 4.78 is 12.0. The number of nitrogens with zero attached hydrogens (tertiary/aromatic N) is 2. The second-order valence-electron chi connectivity index (χ2n) is 5.00. The SMILES string of the molecule is COc1c2n(cc(C(=O)O)c1=O)[C@@H]1CCO[C@@H]1N(C)C2=O. The maximum absolute atomic E-state index is 12.4. The van der Waals surface area contributed by atoms with E-state index in [0.29, 0.717) is 13.0 Å². The van der Waals surface area contributed by atoms with Crippen molar-refractivity contribution in [3.8, 4) is 5.75 Å². The molecule has 3 rings (SSSR count). The van der Waals surface area contributed by atoms with Crippen LogP contribution in [0.15, 0.2) is 11.0 Å². The molecule has 3 heterocycles.